The van der Waals surface area contributed by atoms with Gasteiger partial charge in [0.05, 0.1) is 17.0 Å². The third-order valence-corrected chi connectivity index (χ3v) is 4.62. The van der Waals surface area contributed by atoms with E-state index in [4.69, 9.17) is 11.6 Å². The van der Waals surface area contributed by atoms with Crippen LogP contribution in [-0.4, -0.2) is 26.6 Å². The number of carbonyl (C=O) groups is 1. The monoisotopic (exact) mass is 344 g/mol. The van der Waals surface area contributed by atoms with Gasteiger partial charge in [-0.15, -0.1) is 0 Å². The van der Waals surface area contributed by atoms with Gasteiger partial charge in [0.1, 0.15) is 0 Å². The van der Waals surface area contributed by atoms with Crippen molar-refractivity contribution in [2.24, 2.45) is 0 Å². The first-order valence-corrected chi connectivity index (χ1v) is 9.70. The van der Waals surface area contributed by atoms with Gasteiger partial charge in [-0.2, -0.15) is 0 Å². The van der Waals surface area contributed by atoms with Crippen LogP contribution in [0.5, 0.6) is 0 Å². The van der Waals surface area contributed by atoms with Crippen molar-refractivity contribution in [1.82, 2.24) is 5.32 Å². The second-order valence-electron chi connectivity index (χ2n) is 5.73. The van der Waals surface area contributed by atoms with Gasteiger partial charge < -0.3 is 5.32 Å². The van der Waals surface area contributed by atoms with Gasteiger partial charge in [0, 0.05) is 11.6 Å². The molecule has 0 heterocycles. The van der Waals surface area contributed by atoms with Gasteiger partial charge >= 0.3 is 0 Å². The molecule has 22 heavy (non-hydrogen) atoms. The van der Waals surface area contributed by atoms with Crippen LogP contribution in [0.3, 0.4) is 0 Å². The van der Waals surface area contributed by atoms with Gasteiger partial charge in [0.25, 0.3) is 5.91 Å². The number of hydrogen-bond donors (Lipinski definition) is 2. The first-order chi connectivity index (χ1) is 10.3. The minimum Gasteiger partial charge on any atom is -0.349 e. The second kappa shape index (κ2) is 7.33. The smallest absolute Gasteiger partial charge is 0.251 e. The molecule has 1 aliphatic rings. The van der Waals surface area contributed by atoms with Crippen LogP contribution in [0.2, 0.25) is 5.02 Å². The number of amides is 1. The Bertz CT molecular complexity index is 638. The molecule has 0 radical (unpaired) electrons. The summed E-state index contributed by atoms with van der Waals surface area (Å²) in [6, 6.07) is 4.78. The highest BCUT2D eigenvalue weighted by Gasteiger charge is 2.17. The molecule has 0 atom stereocenters. The van der Waals surface area contributed by atoms with E-state index in [1.54, 1.807) is 6.07 Å². The van der Waals surface area contributed by atoms with Gasteiger partial charge in [0.2, 0.25) is 10.0 Å². The Morgan fingerprint density at radius 2 is 1.82 bits per heavy atom. The first kappa shape index (κ1) is 17.1. The van der Waals surface area contributed by atoms with Crippen molar-refractivity contribution < 1.29 is 13.2 Å². The minimum atomic E-state index is -3.39. The van der Waals surface area contributed by atoms with Crippen molar-refractivity contribution in [2.75, 3.05) is 11.0 Å². The highest BCUT2D eigenvalue weighted by Crippen LogP contribution is 2.24. The molecule has 0 aliphatic heterocycles. The first-order valence-electron chi connectivity index (χ1n) is 7.43. The number of rotatable bonds is 4. The summed E-state index contributed by atoms with van der Waals surface area (Å²) in [4.78, 5) is 12.3. The average molecular weight is 345 g/mol. The molecule has 1 aliphatic carbocycles. The predicted molar refractivity (Wildman–Crippen MR) is 88.9 cm³/mol. The van der Waals surface area contributed by atoms with Crippen molar-refractivity contribution in [3.05, 3.63) is 28.8 Å². The zero-order valence-corrected chi connectivity index (χ0v) is 14.1. The van der Waals surface area contributed by atoms with E-state index in [-0.39, 0.29) is 22.7 Å². The van der Waals surface area contributed by atoms with Gasteiger partial charge in [-0.05, 0) is 31.0 Å². The van der Waals surface area contributed by atoms with E-state index in [0.717, 1.165) is 31.9 Å². The van der Waals surface area contributed by atoms with Crippen molar-refractivity contribution in [2.45, 2.75) is 44.6 Å². The Morgan fingerprint density at radius 3 is 2.36 bits per heavy atom. The van der Waals surface area contributed by atoms with Crippen LogP contribution in [-0.2, 0) is 10.0 Å². The average Bonchev–Trinajstić information content (AvgIpc) is 2.68. The molecule has 0 bridgehead atoms. The maximum atomic E-state index is 12.3. The van der Waals surface area contributed by atoms with E-state index in [1.165, 1.54) is 25.0 Å². The maximum Gasteiger partial charge on any atom is 0.251 e. The Kier molecular flexibility index (Phi) is 5.69. The number of carbonyl (C=O) groups excluding carboxylic acids is 1. The highest BCUT2D eigenvalue weighted by molar-refractivity contribution is 7.92. The summed E-state index contributed by atoms with van der Waals surface area (Å²) >= 11 is 6.04. The summed E-state index contributed by atoms with van der Waals surface area (Å²) in [6.07, 6.45) is 7.80. The molecule has 1 amide bonds. The molecule has 0 unspecified atom stereocenters. The fourth-order valence-electron chi connectivity index (χ4n) is 2.63. The van der Waals surface area contributed by atoms with Crippen LogP contribution in [0, 0.1) is 0 Å². The SMILES string of the molecule is CS(=O)(=O)Nc1ccc(C(=O)NC2CCCCCC2)cc1Cl. The minimum absolute atomic E-state index is 0.167. The van der Waals surface area contributed by atoms with Crippen LogP contribution in [0.4, 0.5) is 5.69 Å². The summed E-state index contributed by atoms with van der Waals surface area (Å²) in [5.74, 6) is -0.167. The van der Waals surface area contributed by atoms with E-state index in [2.05, 4.69) is 10.0 Å². The van der Waals surface area contributed by atoms with Crippen LogP contribution >= 0.6 is 11.6 Å². The molecule has 1 saturated carbocycles. The molecule has 1 fully saturated rings. The largest absolute Gasteiger partial charge is 0.349 e. The van der Waals surface area contributed by atoms with Crippen molar-refractivity contribution in [1.29, 1.82) is 0 Å². The van der Waals surface area contributed by atoms with Crippen molar-refractivity contribution >= 4 is 33.2 Å². The molecule has 0 spiro atoms. The van der Waals surface area contributed by atoms with Crippen LogP contribution < -0.4 is 10.0 Å². The Hall–Kier alpha value is -1.27. The number of anilines is 1. The van der Waals surface area contributed by atoms with E-state index in [1.807, 2.05) is 0 Å². The van der Waals surface area contributed by atoms with Crippen LogP contribution in [0.25, 0.3) is 0 Å². The maximum absolute atomic E-state index is 12.3. The molecule has 5 nitrogen and oxygen atoms in total. The topological polar surface area (TPSA) is 75.3 Å². The number of benzene rings is 1. The molecule has 0 aromatic heterocycles. The molecule has 2 N–H and O–H groups in total. The molecule has 0 saturated heterocycles. The molecule has 2 rings (SSSR count). The normalized spacial score (nSPS) is 16.8. The second-order valence-corrected chi connectivity index (χ2v) is 7.89. The molecule has 7 heteroatoms. The number of halogens is 1. The fraction of sp³-hybridized carbons (Fsp3) is 0.533. The predicted octanol–water partition coefficient (Wildman–Crippen LogP) is 3.16. The lowest BCUT2D eigenvalue weighted by molar-refractivity contribution is 0.0933. The van der Waals surface area contributed by atoms with E-state index in [0.29, 0.717) is 5.56 Å². The summed E-state index contributed by atoms with van der Waals surface area (Å²) in [7, 11) is -3.39. The van der Waals surface area contributed by atoms with Crippen molar-refractivity contribution in [3.63, 3.8) is 0 Å². The van der Waals surface area contributed by atoms with E-state index in [9.17, 15) is 13.2 Å². The molecule has 1 aromatic rings. The summed E-state index contributed by atoms with van der Waals surface area (Å²) < 4.78 is 24.7. The van der Waals surface area contributed by atoms with Gasteiger partial charge in [-0.25, -0.2) is 8.42 Å². The van der Waals surface area contributed by atoms with Crippen molar-refractivity contribution in [3.8, 4) is 0 Å². The van der Waals surface area contributed by atoms with Crippen LogP contribution in [0.15, 0.2) is 18.2 Å². The number of hydrogen-bond acceptors (Lipinski definition) is 3. The number of sulfonamides is 1. The van der Waals surface area contributed by atoms with Gasteiger partial charge in [0.15, 0.2) is 0 Å². The molecule has 122 valence electrons. The fourth-order valence-corrected chi connectivity index (χ4v) is 3.49. The lowest BCUT2D eigenvalue weighted by atomic mass is 10.1. The Balaban J connectivity index is 2.05. The highest BCUT2D eigenvalue weighted by atomic mass is 35.5. The number of nitrogens with one attached hydrogen (secondary N) is 2. The summed E-state index contributed by atoms with van der Waals surface area (Å²) in [6.45, 7) is 0. The molecular weight excluding hydrogens is 324 g/mol. The third-order valence-electron chi connectivity index (χ3n) is 3.72. The molecule has 1 aromatic carbocycles. The standard InChI is InChI=1S/C15H21ClN2O3S/c1-22(20,21)18-14-9-8-11(10-13(14)16)15(19)17-12-6-4-2-3-5-7-12/h8-10,12,18H,2-7H2,1H3,(H,17,19). The van der Waals surface area contributed by atoms with Gasteiger partial charge in [-0.1, -0.05) is 37.3 Å². The summed E-state index contributed by atoms with van der Waals surface area (Å²) in [5, 5.41) is 3.24. The van der Waals surface area contributed by atoms with Gasteiger partial charge in [-0.3, -0.25) is 9.52 Å². The van der Waals surface area contributed by atoms with E-state index < -0.39 is 10.0 Å². The van der Waals surface area contributed by atoms with Crippen LogP contribution in [0.1, 0.15) is 48.9 Å². The quantitative estimate of drug-likeness (QED) is 0.824. The molecular formula is C15H21ClN2O3S. The zero-order chi connectivity index (χ0) is 16.2. The lowest BCUT2D eigenvalue weighted by Crippen LogP contribution is -2.34. The van der Waals surface area contributed by atoms with E-state index >= 15 is 0 Å². The lowest BCUT2D eigenvalue weighted by Gasteiger charge is -2.16. The summed E-state index contributed by atoms with van der Waals surface area (Å²) in [5.41, 5.74) is 0.712. The Labute approximate surface area is 136 Å². The third kappa shape index (κ3) is 5.18. The Morgan fingerprint density at radius 1 is 1.18 bits per heavy atom. The zero-order valence-electron chi connectivity index (χ0n) is 12.6.